The number of rotatable bonds is 10. The van der Waals surface area contributed by atoms with Crippen LogP contribution in [0, 0.1) is 5.92 Å². The molecule has 1 rings (SSSR count). The number of esters is 2. The van der Waals surface area contributed by atoms with Gasteiger partial charge in [-0.15, -0.1) is 0 Å². The molecule has 0 heterocycles. The lowest BCUT2D eigenvalue weighted by atomic mass is 10.0. The first-order valence-corrected chi connectivity index (χ1v) is 8.61. The molecule has 1 aromatic carbocycles. The Morgan fingerprint density at radius 1 is 0.929 bits per heavy atom. The third-order valence-corrected chi connectivity index (χ3v) is 3.79. The van der Waals surface area contributed by atoms with E-state index in [1.807, 2.05) is 13.8 Å². The third kappa shape index (κ3) is 6.33. The minimum Gasteiger partial charge on any atom is -0.496 e. The van der Waals surface area contributed by atoms with Gasteiger partial charge >= 0.3 is 11.9 Å². The third-order valence-electron chi connectivity index (χ3n) is 3.79. The Bertz CT molecular complexity index is 701. The Balaban J connectivity index is 2.82. The summed E-state index contributed by atoms with van der Waals surface area (Å²) in [4.78, 5) is 36.2. The van der Waals surface area contributed by atoms with Crippen LogP contribution in [-0.4, -0.2) is 58.9 Å². The Kier molecular flexibility index (Phi) is 9.07. The molecule has 0 radical (unpaired) electrons. The van der Waals surface area contributed by atoms with Crippen LogP contribution in [0.3, 0.4) is 0 Å². The second-order valence-electron chi connectivity index (χ2n) is 6.26. The van der Waals surface area contributed by atoms with Gasteiger partial charge in [0, 0.05) is 12.1 Å². The van der Waals surface area contributed by atoms with Gasteiger partial charge in [-0.25, -0.2) is 9.59 Å². The van der Waals surface area contributed by atoms with Crippen molar-refractivity contribution in [1.82, 2.24) is 5.32 Å². The van der Waals surface area contributed by atoms with Gasteiger partial charge in [0.1, 0.15) is 17.4 Å². The highest BCUT2D eigenvalue weighted by molar-refractivity contribution is 5.95. The summed E-state index contributed by atoms with van der Waals surface area (Å²) >= 11 is 0. The minimum absolute atomic E-state index is 0.0691. The summed E-state index contributed by atoms with van der Waals surface area (Å²) in [5.74, 6) is -0.922. The van der Waals surface area contributed by atoms with Crippen LogP contribution in [0.5, 0.6) is 17.2 Å². The standard InChI is InChI=1S/C19H27NO8/c1-11(2)7-13(19(23)27-6)20-17(21)10-28-18(22)12-8-15(25-4)16(26-5)9-14(12)24-3/h8-9,11,13H,7,10H2,1-6H3,(H,20,21)/t13-/m1/s1. The largest absolute Gasteiger partial charge is 0.496 e. The number of nitrogens with one attached hydrogen (secondary N) is 1. The minimum atomic E-state index is -0.813. The Morgan fingerprint density at radius 2 is 1.50 bits per heavy atom. The highest BCUT2D eigenvalue weighted by atomic mass is 16.5. The first-order chi connectivity index (χ1) is 13.3. The average Bonchev–Trinajstić information content (AvgIpc) is 2.69. The Labute approximate surface area is 164 Å². The Morgan fingerprint density at radius 3 is 2.00 bits per heavy atom. The second kappa shape index (κ2) is 11.0. The van der Waals surface area contributed by atoms with E-state index in [0.29, 0.717) is 17.9 Å². The molecule has 1 atom stereocenters. The number of carbonyl (C=O) groups is 3. The monoisotopic (exact) mass is 397 g/mol. The van der Waals surface area contributed by atoms with Gasteiger partial charge in [0.2, 0.25) is 0 Å². The molecule has 0 aliphatic heterocycles. The number of hydrogen-bond acceptors (Lipinski definition) is 8. The van der Waals surface area contributed by atoms with E-state index >= 15 is 0 Å². The number of carbonyl (C=O) groups excluding carboxylic acids is 3. The van der Waals surface area contributed by atoms with Crippen molar-refractivity contribution in [3.8, 4) is 17.2 Å². The molecule has 156 valence electrons. The van der Waals surface area contributed by atoms with Crippen molar-refractivity contribution in [3.05, 3.63) is 17.7 Å². The first-order valence-electron chi connectivity index (χ1n) is 8.61. The fourth-order valence-electron chi connectivity index (χ4n) is 2.46. The lowest BCUT2D eigenvalue weighted by molar-refractivity contribution is -0.145. The molecule has 0 aliphatic carbocycles. The normalized spacial score (nSPS) is 11.4. The van der Waals surface area contributed by atoms with Crippen LogP contribution in [0.25, 0.3) is 0 Å². The van der Waals surface area contributed by atoms with Crippen molar-refractivity contribution in [1.29, 1.82) is 0 Å². The maximum absolute atomic E-state index is 12.4. The van der Waals surface area contributed by atoms with E-state index in [1.54, 1.807) is 0 Å². The highest BCUT2D eigenvalue weighted by Gasteiger charge is 2.24. The zero-order valence-electron chi connectivity index (χ0n) is 17.0. The van der Waals surface area contributed by atoms with Crippen LogP contribution in [0.1, 0.15) is 30.6 Å². The number of amides is 1. The summed E-state index contributed by atoms with van der Waals surface area (Å²) in [6.07, 6.45) is 0.399. The van der Waals surface area contributed by atoms with Crippen molar-refractivity contribution in [2.45, 2.75) is 26.3 Å². The van der Waals surface area contributed by atoms with Crippen LogP contribution >= 0.6 is 0 Å². The molecule has 0 saturated heterocycles. The van der Waals surface area contributed by atoms with Crippen molar-refractivity contribution < 1.29 is 38.1 Å². The smallest absolute Gasteiger partial charge is 0.342 e. The van der Waals surface area contributed by atoms with Gasteiger partial charge in [-0.1, -0.05) is 13.8 Å². The lowest BCUT2D eigenvalue weighted by Gasteiger charge is -2.18. The summed E-state index contributed by atoms with van der Waals surface area (Å²) in [6.45, 7) is 3.25. The second-order valence-corrected chi connectivity index (χ2v) is 6.26. The SMILES string of the molecule is COC(=O)[C@@H](CC(C)C)NC(=O)COC(=O)c1cc(OC)c(OC)cc1OC. The molecule has 0 unspecified atom stereocenters. The molecular formula is C19H27NO8. The number of hydrogen-bond donors (Lipinski definition) is 1. The van der Waals surface area contributed by atoms with E-state index in [1.165, 1.54) is 40.6 Å². The summed E-state index contributed by atoms with van der Waals surface area (Å²) < 4.78 is 25.2. The van der Waals surface area contributed by atoms with Crippen LogP contribution < -0.4 is 19.5 Å². The van der Waals surface area contributed by atoms with E-state index in [4.69, 9.17) is 18.9 Å². The van der Waals surface area contributed by atoms with Gasteiger partial charge in [0.05, 0.1) is 28.4 Å². The van der Waals surface area contributed by atoms with Crippen LogP contribution in [0.2, 0.25) is 0 Å². The summed E-state index contributed by atoms with van der Waals surface area (Å²) in [6, 6.07) is 2.06. The van der Waals surface area contributed by atoms with E-state index in [0.717, 1.165) is 0 Å². The van der Waals surface area contributed by atoms with Gasteiger partial charge < -0.3 is 29.0 Å². The first kappa shape index (κ1) is 23.1. The summed E-state index contributed by atoms with van der Waals surface area (Å²) in [7, 11) is 5.51. The van der Waals surface area contributed by atoms with Gasteiger partial charge in [0.15, 0.2) is 18.1 Å². The molecular weight excluding hydrogens is 370 g/mol. The Hall–Kier alpha value is -2.97. The number of benzene rings is 1. The number of methoxy groups -OCH3 is 4. The molecule has 9 nitrogen and oxygen atoms in total. The number of ether oxygens (including phenoxy) is 5. The quantitative estimate of drug-likeness (QED) is 0.593. The van der Waals surface area contributed by atoms with Crippen molar-refractivity contribution in [3.63, 3.8) is 0 Å². The molecule has 0 fully saturated rings. The molecule has 28 heavy (non-hydrogen) atoms. The molecule has 0 saturated carbocycles. The van der Waals surface area contributed by atoms with Crippen molar-refractivity contribution in [2.75, 3.05) is 35.0 Å². The zero-order chi connectivity index (χ0) is 21.3. The maximum Gasteiger partial charge on any atom is 0.342 e. The zero-order valence-corrected chi connectivity index (χ0v) is 17.0. The van der Waals surface area contributed by atoms with E-state index in [9.17, 15) is 14.4 Å². The topological polar surface area (TPSA) is 109 Å². The van der Waals surface area contributed by atoms with Gasteiger partial charge in [-0.05, 0) is 12.3 Å². The molecule has 0 bridgehead atoms. The molecule has 1 aromatic rings. The molecule has 0 aromatic heterocycles. The maximum atomic E-state index is 12.4. The molecule has 1 N–H and O–H groups in total. The van der Waals surface area contributed by atoms with Crippen molar-refractivity contribution in [2.24, 2.45) is 5.92 Å². The van der Waals surface area contributed by atoms with Crippen molar-refractivity contribution >= 4 is 17.8 Å². The van der Waals surface area contributed by atoms with Gasteiger partial charge in [0.25, 0.3) is 5.91 Å². The van der Waals surface area contributed by atoms with Crippen LogP contribution in [0.15, 0.2) is 12.1 Å². The summed E-state index contributed by atoms with van der Waals surface area (Å²) in [5.41, 5.74) is 0.0691. The summed E-state index contributed by atoms with van der Waals surface area (Å²) in [5, 5.41) is 2.51. The predicted octanol–water partition coefficient (Wildman–Crippen LogP) is 1.57. The molecule has 0 spiro atoms. The van der Waals surface area contributed by atoms with Gasteiger partial charge in [-0.3, -0.25) is 4.79 Å². The predicted molar refractivity (Wildman–Crippen MR) is 99.8 cm³/mol. The fourth-order valence-corrected chi connectivity index (χ4v) is 2.46. The van der Waals surface area contributed by atoms with E-state index < -0.39 is 30.5 Å². The fraction of sp³-hybridized carbons (Fsp3) is 0.526. The van der Waals surface area contributed by atoms with E-state index in [2.05, 4.69) is 10.1 Å². The van der Waals surface area contributed by atoms with E-state index in [-0.39, 0.29) is 17.2 Å². The van der Waals surface area contributed by atoms with Gasteiger partial charge in [-0.2, -0.15) is 0 Å². The highest BCUT2D eigenvalue weighted by Crippen LogP contribution is 2.34. The molecule has 1 amide bonds. The van der Waals surface area contributed by atoms with Crippen LogP contribution in [0.4, 0.5) is 0 Å². The average molecular weight is 397 g/mol. The van der Waals surface area contributed by atoms with Crippen LogP contribution in [-0.2, 0) is 19.1 Å². The lowest BCUT2D eigenvalue weighted by Crippen LogP contribution is -2.44. The molecule has 0 aliphatic rings. The molecule has 9 heteroatoms.